The molecule has 0 spiro atoms. The number of aliphatic hydroxyl groups excluding tert-OH is 1. The molecule has 3 heterocycles. The number of hydrogen-bond donors (Lipinski definition) is 3. The van der Waals surface area contributed by atoms with Crippen LogP contribution in [0, 0.1) is 6.92 Å². The van der Waals surface area contributed by atoms with Gasteiger partial charge in [-0.15, -0.1) is 0 Å². The molecule has 0 saturated heterocycles. The molecule has 1 aliphatic rings. The van der Waals surface area contributed by atoms with Crippen molar-refractivity contribution in [3.05, 3.63) is 23.0 Å². The van der Waals surface area contributed by atoms with E-state index in [2.05, 4.69) is 19.8 Å². The number of imidazole rings is 1. The first-order chi connectivity index (χ1) is 15.0. The van der Waals surface area contributed by atoms with Gasteiger partial charge in [0.25, 0.3) is 0 Å². The number of nitrogens with zero attached hydrogens (tertiary/aromatic N) is 4. The number of ether oxygens (including phenoxy) is 1. The minimum absolute atomic E-state index is 0.00837. The molecule has 0 aromatic carbocycles. The number of sulfonamides is 1. The molecule has 1 fully saturated rings. The van der Waals surface area contributed by atoms with Gasteiger partial charge in [-0.05, 0) is 52.5 Å². The molecule has 1 aliphatic carbocycles. The number of aromatic nitrogens is 4. The van der Waals surface area contributed by atoms with Gasteiger partial charge in [0.1, 0.15) is 15.5 Å². The average Bonchev–Trinajstić information content (AvgIpc) is 3.26. The van der Waals surface area contributed by atoms with Crippen LogP contribution in [0.2, 0.25) is 0 Å². The summed E-state index contributed by atoms with van der Waals surface area (Å²) in [6, 6.07) is 1.25. The second-order valence-corrected chi connectivity index (χ2v) is 11.2. The molecular weight excluding hydrogens is 454 g/mol. The van der Waals surface area contributed by atoms with Crippen molar-refractivity contribution in [1.82, 2.24) is 24.3 Å². The Morgan fingerprint density at radius 1 is 1.28 bits per heavy atom. The van der Waals surface area contributed by atoms with Gasteiger partial charge in [-0.3, -0.25) is 0 Å². The molecule has 3 N–H and O–H groups in total. The fourth-order valence-electron chi connectivity index (χ4n) is 3.81. The predicted molar refractivity (Wildman–Crippen MR) is 119 cm³/mol. The first-order valence-electron chi connectivity index (χ1n) is 10.3. The summed E-state index contributed by atoms with van der Waals surface area (Å²) >= 11 is 1.27. The Balaban J connectivity index is 1.75. The topological polar surface area (TPSA) is 139 Å². The third-order valence-corrected chi connectivity index (χ3v) is 8.23. The quantitative estimate of drug-likeness (QED) is 0.486. The number of nitrogens with one attached hydrogen (secondary N) is 1. The normalized spacial score (nSPS) is 20.1. The molecule has 0 radical (unpaired) electrons. The van der Waals surface area contributed by atoms with Crippen LogP contribution >= 0.6 is 11.3 Å². The monoisotopic (exact) mass is 481 g/mol. The van der Waals surface area contributed by atoms with Crippen LogP contribution in [0.4, 0.5) is 0 Å². The van der Waals surface area contributed by atoms with E-state index in [9.17, 15) is 18.6 Å². The second-order valence-electron chi connectivity index (χ2n) is 8.56. The zero-order chi connectivity index (χ0) is 23.3. The Kier molecular flexibility index (Phi) is 6.01. The minimum Gasteiger partial charge on any atom is -0.480 e. The molecule has 10 nitrogen and oxygen atoms in total. The second kappa shape index (κ2) is 8.34. The van der Waals surface area contributed by atoms with E-state index in [1.54, 1.807) is 18.4 Å². The molecule has 0 atom stereocenters. The molecule has 1 saturated carbocycles. The summed E-state index contributed by atoms with van der Waals surface area (Å²) in [4.78, 5) is 9.27. The molecule has 12 heteroatoms. The van der Waals surface area contributed by atoms with Crippen molar-refractivity contribution in [3.8, 4) is 17.1 Å². The number of aryl methyl sites for hydroxylation is 1. The van der Waals surface area contributed by atoms with Gasteiger partial charge < -0.3 is 14.9 Å². The van der Waals surface area contributed by atoms with Crippen LogP contribution in [-0.2, 0) is 15.6 Å². The Morgan fingerprint density at radius 3 is 2.59 bits per heavy atom. The number of rotatable bonds is 6. The van der Waals surface area contributed by atoms with Gasteiger partial charge in [0.05, 0.1) is 24.6 Å². The number of pyridine rings is 1. The van der Waals surface area contributed by atoms with Crippen molar-refractivity contribution in [2.75, 3.05) is 7.11 Å². The lowest BCUT2D eigenvalue weighted by atomic mass is 9.94. The molecular formula is C20H27N5O5S2. The molecule has 0 aliphatic heterocycles. The van der Waals surface area contributed by atoms with E-state index in [0.29, 0.717) is 52.6 Å². The third-order valence-electron chi connectivity index (χ3n) is 5.49. The van der Waals surface area contributed by atoms with Crippen molar-refractivity contribution in [2.24, 2.45) is 0 Å². The predicted octanol–water partition coefficient (Wildman–Crippen LogP) is 1.98. The Bertz CT molecular complexity index is 1240. The number of hydrogen-bond acceptors (Lipinski definition) is 9. The van der Waals surface area contributed by atoms with Crippen LogP contribution in [0.15, 0.2) is 17.2 Å². The molecule has 3 aromatic rings. The molecule has 0 bridgehead atoms. The van der Waals surface area contributed by atoms with Crippen molar-refractivity contribution in [3.63, 3.8) is 0 Å². The lowest BCUT2D eigenvalue weighted by molar-refractivity contribution is 0.0773. The number of fused-ring (bicyclic) bond motifs is 1. The van der Waals surface area contributed by atoms with Crippen molar-refractivity contribution >= 4 is 26.3 Å². The van der Waals surface area contributed by atoms with Crippen LogP contribution < -0.4 is 9.46 Å². The lowest BCUT2D eigenvalue weighted by Gasteiger charge is -2.26. The van der Waals surface area contributed by atoms with Gasteiger partial charge in [0.2, 0.25) is 20.9 Å². The van der Waals surface area contributed by atoms with E-state index in [-0.39, 0.29) is 22.9 Å². The van der Waals surface area contributed by atoms with Gasteiger partial charge >= 0.3 is 0 Å². The molecule has 3 aromatic heterocycles. The van der Waals surface area contributed by atoms with Crippen molar-refractivity contribution in [2.45, 2.75) is 69.1 Å². The number of aliphatic hydroxyl groups is 2. The van der Waals surface area contributed by atoms with Crippen molar-refractivity contribution < 1.29 is 23.4 Å². The van der Waals surface area contributed by atoms with E-state index in [1.165, 1.54) is 30.7 Å². The first kappa shape index (κ1) is 23.1. The Hall–Kier alpha value is -2.12. The van der Waals surface area contributed by atoms with E-state index < -0.39 is 15.6 Å². The largest absolute Gasteiger partial charge is 0.480 e. The van der Waals surface area contributed by atoms with Crippen LogP contribution in [0.3, 0.4) is 0 Å². The van der Waals surface area contributed by atoms with Gasteiger partial charge in [-0.1, -0.05) is 11.3 Å². The Morgan fingerprint density at radius 2 is 1.97 bits per heavy atom. The fourth-order valence-corrected chi connectivity index (χ4v) is 6.21. The highest BCUT2D eigenvalue weighted by Gasteiger charge is 2.29. The van der Waals surface area contributed by atoms with Gasteiger partial charge in [-0.25, -0.2) is 27.6 Å². The molecule has 0 amide bonds. The maximum atomic E-state index is 13.2. The standard InChI is InChI=1S/C20H27N5O5S2/c1-11-16(25-19(22-11)31-18(23-25)20(2,3)27)12-9-15(17(30-4)21-10-12)32(28,29)24-13-5-7-14(26)8-6-13/h9-10,13-14,24,26-27H,5-8H2,1-4H3/t13-,14+. The molecule has 0 unspecified atom stereocenters. The summed E-state index contributed by atoms with van der Waals surface area (Å²) in [5.41, 5.74) is 0.651. The highest BCUT2D eigenvalue weighted by Crippen LogP contribution is 2.33. The highest BCUT2D eigenvalue weighted by molar-refractivity contribution is 7.89. The van der Waals surface area contributed by atoms with Crippen LogP contribution in [0.1, 0.15) is 50.2 Å². The van der Waals surface area contributed by atoms with E-state index in [1.807, 2.05) is 6.92 Å². The molecule has 174 valence electrons. The smallest absolute Gasteiger partial charge is 0.246 e. The summed E-state index contributed by atoms with van der Waals surface area (Å²) in [6.07, 6.45) is 3.39. The summed E-state index contributed by atoms with van der Waals surface area (Å²) in [7, 11) is -2.55. The van der Waals surface area contributed by atoms with E-state index in [0.717, 1.165) is 0 Å². The SMILES string of the molecule is COc1ncc(-c2c(C)nc3sc(C(C)(C)O)nn23)cc1S(=O)(=O)N[C@H]1CC[C@@H](O)CC1. The van der Waals surface area contributed by atoms with Crippen LogP contribution in [0.25, 0.3) is 16.2 Å². The third kappa shape index (κ3) is 4.37. The summed E-state index contributed by atoms with van der Waals surface area (Å²) in [5.74, 6) is -0.00837. The Labute approximate surface area is 190 Å². The van der Waals surface area contributed by atoms with E-state index >= 15 is 0 Å². The van der Waals surface area contributed by atoms with Gasteiger partial charge in [-0.2, -0.15) is 5.10 Å². The van der Waals surface area contributed by atoms with Crippen LogP contribution in [-0.4, -0.2) is 57.5 Å². The summed E-state index contributed by atoms with van der Waals surface area (Å²) < 4.78 is 36.0. The minimum atomic E-state index is -3.92. The van der Waals surface area contributed by atoms with Crippen molar-refractivity contribution in [1.29, 1.82) is 0 Å². The highest BCUT2D eigenvalue weighted by atomic mass is 32.2. The zero-order valence-electron chi connectivity index (χ0n) is 18.4. The first-order valence-corrected chi connectivity index (χ1v) is 12.6. The van der Waals surface area contributed by atoms with Gasteiger partial charge in [0.15, 0.2) is 0 Å². The van der Waals surface area contributed by atoms with Crippen LogP contribution in [0.5, 0.6) is 5.88 Å². The van der Waals surface area contributed by atoms with Gasteiger partial charge in [0, 0.05) is 17.8 Å². The molecule has 4 rings (SSSR count). The fraction of sp³-hybridized carbons (Fsp3) is 0.550. The molecule has 32 heavy (non-hydrogen) atoms. The average molecular weight is 482 g/mol. The summed E-state index contributed by atoms with van der Waals surface area (Å²) in [5, 5.41) is 25.0. The lowest BCUT2D eigenvalue weighted by Crippen LogP contribution is -2.38. The maximum Gasteiger partial charge on any atom is 0.246 e. The van der Waals surface area contributed by atoms with E-state index in [4.69, 9.17) is 4.74 Å². The maximum absolute atomic E-state index is 13.2. The number of methoxy groups -OCH3 is 1. The zero-order valence-corrected chi connectivity index (χ0v) is 20.0. The summed E-state index contributed by atoms with van der Waals surface area (Å²) in [6.45, 7) is 5.10.